The van der Waals surface area contributed by atoms with Crippen molar-refractivity contribution in [2.75, 3.05) is 6.61 Å². The van der Waals surface area contributed by atoms with E-state index >= 15 is 0 Å². The van der Waals surface area contributed by atoms with Crippen LogP contribution in [0.5, 0.6) is 6.01 Å². The SMILES string of the molecule is CC(C)=CCOc1ncccn1. The normalized spacial score (nSPS) is 9.17. The van der Waals surface area contributed by atoms with Crippen molar-refractivity contribution in [3.63, 3.8) is 0 Å². The van der Waals surface area contributed by atoms with Gasteiger partial charge < -0.3 is 4.74 Å². The molecule has 1 heterocycles. The van der Waals surface area contributed by atoms with Crippen LogP contribution >= 0.6 is 0 Å². The van der Waals surface area contributed by atoms with E-state index in [4.69, 9.17) is 4.74 Å². The van der Waals surface area contributed by atoms with Crippen molar-refractivity contribution < 1.29 is 4.74 Å². The maximum absolute atomic E-state index is 5.22. The highest BCUT2D eigenvalue weighted by Crippen LogP contribution is 1.97. The van der Waals surface area contributed by atoms with E-state index in [9.17, 15) is 0 Å². The number of allylic oxidation sites excluding steroid dienone is 1. The van der Waals surface area contributed by atoms with Gasteiger partial charge in [0.25, 0.3) is 0 Å². The van der Waals surface area contributed by atoms with Crippen LogP contribution in [0.1, 0.15) is 13.8 Å². The van der Waals surface area contributed by atoms with Crippen molar-refractivity contribution in [2.24, 2.45) is 0 Å². The predicted molar refractivity (Wildman–Crippen MR) is 47.0 cm³/mol. The molecule has 0 spiro atoms. The number of hydrogen-bond acceptors (Lipinski definition) is 3. The Hall–Kier alpha value is -1.38. The van der Waals surface area contributed by atoms with E-state index in [0.29, 0.717) is 12.6 Å². The van der Waals surface area contributed by atoms with Crippen molar-refractivity contribution in [1.82, 2.24) is 9.97 Å². The molecule has 0 atom stereocenters. The van der Waals surface area contributed by atoms with Crippen LogP contribution < -0.4 is 4.74 Å². The van der Waals surface area contributed by atoms with E-state index < -0.39 is 0 Å². The molecule has 0 aliphatic heterocycles. The van der Waals surface area contributed by atoms with Crippen LogP contribution in [0.4, 0.5) is 0 Å². The Morgan fingerprint density at radius 3 is 2.67 bits per heavy atom. The minimum Gasteiger partial charge on any atom is -0.459 e. The van der Waals surface area contributed by atoms with Crippen molar-refractivity contribution >= 4 is 0 Å². The first kappa shape index (κ1) is 8.71. The van der Waals surface area contributed by atoms with Gasteiger partial charge in [0.1, 0.15) is 6.61 Å². The molecular weight excluding hydrogens is 152 g/mol. The minimum atomic E-state index is 0.426. The average Bonchev–Trinajstić information content (AvgIpc) is 2.05. The summed E-state index contributed by atoms with van der Waals surface area (Å²) in [6.07, 6.45) is 5.30. The molecule has 0 saturated heterocycles. The topological polar surface area (TPSA) is 35.0 Å². The monoisotopic (exact) mass is 164 g/mol. The van der Waals surface area contributed by atoms with Gasteiger partial charge in [0.2, 0.25) is 0 Å². The molecule has 0 unspecified atom stereocenters. The summed E-state index contributed by atoms with van der Waals surface area (Å²) in [5, 5.41) is 0. The number of ether oxygens (including phenoxy) is 1. The van der Waals surface area contributed by atoms with Gasteiger partial charge in [-0.1, -0.05) is 5.57 Å². The number of nitrogens with zero attached hydrogens (tertiary/aromatic N) is 2. The van der Waals surface area contributed by atoms with Crippen LogP contribution in [0.3, 0.4) is 0 Å². The summed E-state index contributed by atoms with van der Waals surface area (Å²) in [5.41, 5.74) is 1.23. The minimum absolute atomic E-state index is 0.426. The molecular formula is C9H12N2O. The second-order valence-electron chi connectivity index (χ2n) is 2.62. The Labute approximate surface area is 72.1 Å². The van der Waals surface area contributed by atoms with E-state index in [2.05, 4.69) is 9.97 Å². The molecule has 0 aromatic carbocycles. The van der Waals surface area contributed by atoms with E-state index in [-0.39, 0.29) is 0 Å². The second-order valence-corrected chi connectivity index (χ2v) is 2.62. The smallest absolute Gasteiger partial charge is 0.316 e. The summed E-state index contributed by atoms with van der Waals surface area (Å²) in [6, 6.07) is 2.18. The Kier molecular flexibility index (Phi) is 3.26. The van der Waals surface area contributed by atoms with Crippen LogP contribution in [0.15, 0.2) is 30.1 Å². The van der Waals surface area contributed by atoms with Gasteiger partial charge in [0, 0.05) is 12.4 Å². The highest BCUT2D eigenvalue weighted by atomic mass is 16.5. The summed E-state index contributed by atoms with van der Waals surface area (Å²) in [4.78, 5) is 7.83. The Morgan fingerprint density at radius 2 is 2.08 bits per heavy atom. The van der Waals surface area contributed by atoms with Crippen LogP contribution in [0.2, 0.25) is 0 Å². The number of aromatic nitrogens is 2. The fraction of sp³-hybridized carbons (Fsp3) is 0.333. The number of rotatable bonds is 3. The molecule has 0 aliphatic carbocycles. The van der Waals surface area contributed by atoms with Crippen molar-refractivity contribution in [1.29, 1.82) is 0 Å². The molecule has 1 rings (SSSR count). The zero-order chi connectivity index (χ0) is 8.81. The first-order valence-electron chi connectivity index (χ1n) is 3.82. The molecule has 0 aliphatic rings. The van der Waals surface area contributed by atoms with Gasteiger partial charge in [-0.3, -0.25) is 0 Å². The largest absolute Gasteiger partial charge is 0.459 e. The molecule has 1 aromatic rings. The standard InChI is InChI=1S/C9H12N2O/c1-8(2)4-7-12-9-10-5-3-6-11-9/h3-6H,7H2,1-2H3. The van der Waals surface area contributed by atoms with Gasteiger partial charge >= 0.3 is 6.01 Å². The van der Waals surface area contributed by atoms with Gasteiger partial charge in [-0.15, -0.1) is 0 Å². The van der Waals surface area contributed by atoms with Crippen LogP contribution in [0, 0.1) is 0 Å². The first-order valence-corrected chi connectivity index (χ1v) is 3.82. The maximum Gasteiger partial charge on any atom is 0.316 e. The van der Waals surface area contributed by atoms with E-state index in [1.54, 1.807) is 18.5 Å². The summed E-state index contributed by atoms with van der Waals surface area (Å²) >= 11 is 0. The highest BCUT2D eigenvalue weighted by Gasteiger charge is 1.90. The van der Waals surface area contributed by atoms with Gasteiger partial charge in [0.15, 0.2) is 0 Å². The lowest BCUT2D eigenvalue weighted by molar-refractivity contribution is 0.332. The van der Waals surface area contributed by atoms with Crippen LogP contribution in [-0.4, -0.2) is 16.6 Å². The molecule has 0 bridgehead atoms. The third-order valence-electron chi connectivity index (χ3n) is 1.25. The molecule has 0 amide bonds. The van der Waals surface area contributed by atoms with Gasteiger partial charge in [-0.25, -0.2) is 9.97 Å². The quantitative estimate of drug-likeness (QED) is 0.639. The van der Waals surface area contributed by atoms with E-state index in [1.807, 2.05) is 19.9 Å². The highest BCUT2D eigenvalue weighted by molar-refractivity contribution is 4.97. The van der Waals surface area contributed by atoms with E-state index in [0.717, 1.165) is 0 Å². The average molecular weight is 164 g/mol. The fourth-order valence-corrected chi connectivity index (χ4v) is 0.643. The third-order valence-corrected chi connectivity index (χ3v) is 1.25. The van der Waals surface area contributed by atoms with Crippen LogP contribution in [-0.2, 0) is 0 Å². The predicted octanol–water partition coefficient (Wildman–Crippen LogP) is 1.82. The molecule has 1 aromatic heterocycles. The third kappa shape index (κ3) is 3.14. The molecule has 0 radical (unpaired) electrons. The molecule has 12 heavy (non-hydrogen) atoms. The summed E-state index contributed by atoms with van der Waals surface area (Å²) < 4.78 is 5.22. The van der Waals surface area contributed by atoms with Crippen molar-refractivity contribution in [3.8, 4) is 6.01 Å². The lowest BCUT2D eigenvalue weighted by Gasteiger charge is -1.98. The molecule has 3 nitrogen and oxygen atoms in total. The molecule has 0 saturated carbocycles. The summed E-state index contributed by atoms with van der Waals surface area (Å²) in [5.74, 6) is 0. The second kappa shape index (κ2) is 4.49. The van der Waals surface area contributed by atoms with Crippen molar-refractivity contribution in [3.05, 3.63) is 30.1 Å². The van der Waals surface area contributed by atoms with Crippen LogP contribution in [0.25, 0.3) is 0 Å². The van der Waals surface area contributed by atoms with Crippen molar-refractivity contribution in [2.45, 2.75) is 13.8 Å². The Balaban J connectivity index is 2.39. The Bertz CT molecular complexity index is 252. The Morgan fingerprint density at radius 1 is 1.42 bits per heavy atom. The lowest BCUT2D eigenvalue weighted by Crippen LogP contribution is -1.97. The molecule has 3 heteroatoms. The van der Waals surface area contributed by atoms with Gasteiger partial charge in [0.05, 0.1) is 0 Å². The van der Waals surface area contributed by atoms with Gasteiger partial charge in [-0.2, -0.15) is 0 Å². The molecule has 0 N–H and O–H groups in total. The summed E-state index contributed by atoms with van der Waals surface area (Å²) in [6.45, 7) is 4.58. The lowest BCUT2D eigenvalue weighted by atomic mass is 10.3. The number of hydrogen-bond donors (Lipinski definition) is 0. The molecule has 64 valence electrons. The zero-order valence-corrected chi connectivity index (χ0v) is 7.32. The molecule has 0 fully saturated rings. The fourth-order valence-electron chi connectivity index (χ4n) is 0.643. The van der Waals surface area contributed by atoms with Gasteiger partial charge in [-0.05, 0) is 26.0 Å². The first-order chi connectivity index (χ1) is 5.79. The zero-order valence-electron chi connectivity index (χ0n) is 7.32. The van der Waals surface area contributed by atoms with E-state index in [1.165, 1.54) is 5.57 Å². The summed E-state index contributed by atoms with van der Waals surface area (Å²) in [7, 11) is 0. The maximum atomic E-state index is 5.22.